The van der Waals surface area contributed by atoms with E-state index >= 15 is 0 Å². The summed E-state index contributed by atoms with van der Waals surface area (Å²) in [6, 6.07) is 16.6. The van der Waals surface area contributed by atoms with Gasteiger partial charge in [-0.1, -0.05) is 6.07 Å². The van der Waals surface area contributed by atoms with E-state index in [1.807, 2.05) is 37.4 Å². The molecule has 26 heavy (non-hydrogen) atoms. The van der Waals surface area contributed by atoms with Crippen molar-refractivity contribution in [2.45, 2.75) is 27.7 Å². The molecule has 0 aliphatic carbocycles. The highest BCUT2D eigenvalue weighted by atomic mass is 127. The summed E-state index contributed by atoms with van der Waals surface area (Å²) in [6.45, 7) is 9.06. The molecule has 0 fully saturated rings. The van der Waals surface area contributed by atoms with Gasteiger partial charge >= 0.3 is 0 Å². The smallest absolute Gasteiger partial charge is 0.121 e. The van der Waals surface area contributed by atoms with E-state index in [0.29, 0.717) is 6.61 Å². The van der Waals surface area contributed by atoms with E-state index in [0.717, 1.165) is 17.0 Å². The Morgan fingerprint density at radius 1 is 1.08 bits per heavy atom. The predicted molar refractivity (Wildman–Crippen MR) is 118 cm³/mol. The molecule has 0 N–H and O–H groups in total. The van der Waals surface area contributed by atoms with Crippen LogP contribution in [0.15, 0.2) is 53.5 Å². The lowest BCUT2D eigenvalue weighted by Crippen LogP contribution is -2.00. The molecule has 0 unspecified atom stereocenters. The minimum atomic E-state index is 0.656. The molecule has 1 heterocycles. The van der Waals surface area contributed by atoms with Gasteiger partial charge in [0, 0.05) is 38.5 Å². The Bertz CT molecular complexity index is 957. The van der Waals surface area contributed by atoms with Crippen LogP contribution in [0.4, 0.5) is 5.69 Å². The SMILES string of the molecule is CCOc1cccc(N=Cc2cc(C)n(-c3ccc(I)c(C)c3)c2C)c1. The standard InChI is InChI=1S/C22H23IN2O/c1-5-26-21-8-6-7-19(13-21)24-14-18-12-16(3)25(17(18)4)20-9-10-22(23)15(2)11-20/h6-14H,5H2,1-4H3. The van der Waals surface area contributed by atoms with Crippen molar-refractivity contribution in [3.8, 4) is 11.4 Å². The molecule has 2 aromatic carbocycles. The van der Waals surface area contributed by atoms with Crippen LogP contribution in [0.2, 0.25) is 0 Å². The summed E-state index contributed by atoms with van der Waals surface area (Å²) in [5.41, 5.74) is 6.89. The largest absolute Gasteiger partial charge is 0.494 e. The zero-order valence-corrected chi connectivity index (χ0v) is 17.7. The molecule has 0 bridgehead atoms. The fourth-order valence-electron chi connectivity index (χ4n) is 3.05. The van der Waals surface area contributed by atoms with E-state index < -0.39 is 0 Å². The molecule has 1 aromatic heterocycles. The Morgan fingerprint density at radius 2 is 1.88 bits per heavy atom. The molecule has 0 saturated carbocycles. The normalized spacial score (nSPS) is 11.3. The van der Waals surface area contributed by atoms with Crippen molar-refractivity contribution in [3.05, 3.63) is 74.6 Å². The minimum Gasteiger partial charge on any atom is -0.494 e. The van der Waals surface area contributed by atoms with Gasteiger partial charge in [0.05, 0.1) is 12.3 Å². The molecule has 0 saturated heterocycles. The predicted octanol–water partition coefficient (Wildman–Crippen LogP) is 6.16. The fourth-order valence-corrected chi connectivity index (χ4v) is 3.38. The molecule has 0 spiro atoms. The first-order chi connectivity index (χ1) is 12.5. The third-order valence-corrected chi connectivity index (χ3v) is 5.56. The molecule has 134 valence electrons. The van der Waals surface area contributed by atoms with Gasteiger partial charge in [-0.05, 0) is 92.2 Å². The monoisotopic (exact) mass is 458 g/mol. The summed E-state index contributed by atoms with van der Waals surface area (Å²) in [5.74, 6) is 0.849. The summed E-state index contributed by atoms with van der Waals surface area (Å²) in [5, 5.41) is 0. The maximum Gasteiger partial charge on any atom is 0.121 e. The summed E-state index contributed by atoms with van der Waals surface area (Å²) in [4.78, 5) is 4.64. The van der Waals surface area contributed by atoms with Gasteiger partial charge in [-0.3, -0.25) is 4.99 Å². The number of hydrogen-bond donors (Lipinski definition) is 0. The second-order valence-corrected chi connectivity index (χ2v) is 7.45. The van der Waals surface area contributed by atoms with Crippen LogP contribution < -0.4 is 4.74 Å². The third kappa shape index (κ3) is 4.01. The molecule has 3 nitrogen and oxygen atoms in total. The van der Waals surface area contributed by atoms with Gasteiger partial charge in [-0.2, -0.15) is 0 Å². The number of rotatable bonds is 5. The highest BCUT2D eigenvalue weighted by Gasteiger charge is 2.10. The van der Waals surface area contributed by atoms with Crippen LogP contribution in [0.5, 0.6) is 5.75 Å². The topological polar surface area (TPSA) is 26.5 Å². The van der Waals surface area contributed by atoms with E-state index in [2.05, 4.69) is 77.2 Å². The molecule has 0 aliphatic heterocycles. The lowest BCUT2D eigenvalue weighted by Gasteiger charge is -2.11. The van der Waals surface area contributed by atoms with Crippen LogP contribution in [0.25, 0.3) is 5.69 Å². The molecule has 0 radical (unpaired) electrons. The van der Waals surface area contributed by atoms with Gasteiger partial charge < -0.3 is 9.30 Å². The van der Waals surface area contributed by atoms with Gasteiger partial charge in [0.1, 0.15) is 5.75 Å². The number of aromatic nitrogens is 1. The Balaban J connectivity index is 1.92. The highest BCUT2D eigenvalue weighted by Crippen LogP contribution is 2.24. The van der Waals surface area contributed by atoms with Crippen molar-refractivity contribution < 1.29 is 4.74 Å². The fraction of sp³-hybridized carbons (Fsp3) is 0.227. The van der Waals surface area contributed by atoms with E-state index in [-0.39, 0.29) is 0 Å². The summed E-state index contributed by atoms with van der Waals surface area (Å²) in [6.07, 6.45) is 1.93. The van der Waals surface area contributed by atoms with Gasteiger partial charge in [0.25, 0.3) is 0 Å². The number of halogens is 1. The van der Waals surface area contributed by atoms with Gasteiger partial charge in [-0.15, -0.1) is 0 Å². The minimum absolute atomic E-state index is 0.656. The average Bonchev–Trinajstić information content (AvgIpc) is 2.90. The molecular weight excluding hydrogens is 435 g/mol. The number of ether oxygens (including phenoxy) is 1. The first-order valence-electron chi connectivity index (χ1n) is 8.72. The lowest BCUT2D eigenvalue weighted by atomic mass is 10.2. The maximum atomic E-state index is 5.55. The zero-order chi connectivity index (χ0) is 18.7. The molecule has 3 aromatic rings. The van der Waals surface area contributed by atoms with Gasteiger partial charge in [0.2, 0.25) is 0 Å². The van der Waals surface area contributed by atoms with Crippen molar-refractivity contribution in [1.29, 1.82) is 0 Å². The number of aryl methyl sites for hydroxylation is 2. The average molecular weight is 458 g/mol. The Morgan fingerprint density at radius 3 is 2.62 bits per heavy atom. The zero-order valence-electron chi connectivity index (χ0n) is 15.6. The molecule has 0 aliphatic rings. The molecule has 0 amide bonds. The van der Waals surface area contributed by atoms with Crippen molar-refractivity contribution in [1.82, 2.24) is 4.57 Å². The lowest BCUT2D eigenvalue weighted by molar-refractivity contribution is 0.340. The van der Waals surface area contributed by atoms with Crippen molar-refractivity contribution >= 4 is 34.5 Å². The Labute approximate surface area is 168 Å². The summed E-state index contributed by atoms with van der Waals surface area (Å²) >= 11 is 2.37. The van der Waals surface area contributed by atoms with Crippen LogP contribution in [0, 0.1) is 24.3 Å². The van der Waals surface area contributed by atoms with E-state index in [4.69, 9.17) is 4.74 Å². The van der Waals surface area contributed by atoms with Crippen LogP contribution >= 0.6 is 22.6 Å². The Hall–Kier alpha value is -2.08. The number of nitrogens with zero attached hydrogens (tertiary/aromatic N) is 2. The molecule has 0 atom stereocenters. The summed E-state index contributed by atoms with van der Waals surface area (Å²) < 4.78 is 9.11. The van der Waals surface area contributed by atoms with E-state index in [1.54, 1.807) is 0 Å². The first kappa shape index (κ1) is 18.7. The van der Waals surface area contributed by atoms with Gasteiger partial charge in [-0.25, -0.2) is 0 Å². The molecule has 3 rings (SSSR count). The van der Waals surface area contributed by atoms with Crippen LogP contribution in [-0.4, -0.2) is 17.4 Å². The first-order valence-corrected chi connectivity index (χ1v) is 9.80. The van der Waals surface area contributed by atoms with Crippen LogP contribution in [0.3, 0.4) is 0 Å². The van der Waals surface area contributed by atoms with Crippen molar-refractivity contribution in [2.24, 2.45) is 4.99 Å². The van der Waals surface area contributed by atoms with E-state index in [1.165, 1.54) is 26.2 Å². The van der Waals surface area contributed by atoms with Crippen LogP contribution in [-0.2, 0) is 0 Å². The number of benzene rings is 2. The highest BCUT2D eigenvalue weighted by molar-refractivity contribution is 14.1. The van der Waals surface area contributed by atoms with E-state index in [9.17, 15) is 0 Å². The quantitative estimate of drug-likeness (QED) is 0.333. The molecular formula is C22H23IN2O. The second-order valence-electron chi connectivity index (χ2n) is 6.28. The Kier molecular flexibility index (Phi) is 5.81. The second kappa shape index (κ2) is 8.08. The summed E-state index contributed by atoms with van der Waals surface area (Å²) in [7, 11) is 0. The molecule has 4 heteroatoms. The van der Waals surface area contributed by atoms with Gasteiger partial charge in [0.15, 0.2) is 0 Å². The van der Waals surface area contributed by atoms with Crippen LogP contribution in [0.1, 0.15) is 29.4 Å². The maximum absolute atomic E-state index is 5.55. The third-order valence-electron chi connectivity index (χ3n) is 4.35. The number of hydrogen-bond acceptors (Lipinski definition) is 2. The number of aliphatic imine (C=N–C) groups is 1. The van der Waals surface area contributed by atoms with Crippen molar-refractivity contribution in [2.75, 3.05) is 6.61 Å². The van der Waals surface area contributed by atoms with Crippen molar-refractivity contribution in [3.63, 3.8) is 0 Å².